The molecule has 5 heteroatoms. The third-order valence-electron chi connectivity index (χ3n) is 5.11. The van der Waals surface area contributed by atoms with Crippen molar-refractivity contribution in [2.24, 2.45) is 0 Å². The van der Waals surface area contributed by atoms with Crippen molar-refractivity contribution in [3.8, 4) is 0 Å². The Morgan fingerprint density at radius 1 is 1.04 bits per heavy atom. The summed E-state index contributed by atoms with van der Waals surface area (Å²) >= 11 is 0. The van der Waals surface area contributed by atoms with Crippen molar-refractivity contribution in [1.82, 2.24) is 15.1 Å². The highest BCUT2D eigenvalue weighted by molar-refractivity contribution is 5.83. The van der Waals surface area contributed by atoms with Gasteiger partial charge in [0.15, 0.2) is 0 Å². The van der Waals surface area contributed by atoms with Gasteiger partial charge in [-0.05, 0) is 31.5 Å². The molecule has 2 amide bonds. The standard InChI is InChI=1S/C20H29N3O2/c24-19(16-22-11-7-2-1-3-8-12-22)21-18-13-20(25)23(15-18)14-17-9-5-4-6-10-17/h4-6,9-10,18H,1-3,7-8,11-16H2,(H,21,24). The van der Waals surface area contributed by atoms with Crippen LogP contribution < -0.4 is 5.32 Å². The molecule has 0 aliphatic carbocycles. The van der Waals surface area contributed by atoms with E-state index in [2.05, 4.69) is 10.2 Å². The number of rotatable bonds is 5. The fraction of sp³-hybridized carbons (Fsp3) is 0.600. The predicted octanol–water partition coefficient (Wildman–Crippen LogP) is 2.17. The monoisotopic (exact) mass is 343 g/mol. The van der Waals surface area contributed by atoms with Crippen LogP contribution in [0.15, 0.2) is 30.3 Å². The Bertz CT molecular complexity index is 568. The summed E-state index contributed by atoms with van der Waals surface area (Å²) in [7, 11) is 0. The maximum Gasteiger partial charge on any atom is 0.234 e. The summed E-state index contributed by atoms with van der Waals surface area (Å²) in [6, 6.07) is 9.95. The molecule has 0 aromatic heterocycles. The van der Waals surface area contributed by atoms with E-state index in [0.717, 1.165) is 18.7 Å². The van der Waals surface area contributed by atoms with Gasteiger partial charge in [0.1, 0.15) is 0 Å². The molecule has 3 rings (SSSR count). The number of nitrogens with one attached hydrogen (secondary N) is 1. The second-order valence-corrected chi connectivity index (χ2v) is 7.27. The first kappa shape index (κ1) is 17.9. The summed E-state index contributed by atoms with van der Waals surface area (Å²) in [6.07, 6.45) is 6.63. The molecule has 1 N–H and O–H groups in total. The molecule has 1 atom stereocenters. The van der Waals surface area contributed by atoms with Gasteiger partial charge in [-0.1, -0.05) is 49.6 Å². The van der Waals surface area contributed by atoms with Crippen molar-refractivity contribution >= 4 is 11.8 Å². The molecule has 1 aromatic carbocycles. The largest absolute Gasteiger partial charge is 0.350 e. The van der Waals surface area contributed by atoms with Gasteiger partial charge in [-0.25, -0.2) is 0 Å². The van der Waals surface area contributed by atoms with E-state index in [9.17, 15) is 9.59 Å². The van der Waals surface area contributed by atoms with E-state index >= 15 is 0 Å². The minimum atomic E-state index is -0.0570. The molecule has 2 aliphatic rings. The molecule has 1 aromatic rings. The number of benzene rings is 1. The Morgan fingerprint density at radius 2 is 1.72 bits per heavy atom. The second kappa shape index (κ2) is 8.99. The van der Waals surface area contributed by atoms with Crippen LogP contribution in [-0.2, 0) is 16.1 Å². The van der Waals surface area contributed by atoms with Gasteiger partial charge in [0.2, 0.25) is 11.8 Å². The number of hydrogen-bond acceptors (Lipinski definition) is 3. The van der Waals surface area contributed by atoms with Crippen LogP contribution in [0.4, 0.5) is 0 Å². The van der Waals surface area contributed by atoms with Crippen LogP contribution in [0.3, 0.4) is 0 Å². The van der Waals surface area contributed by atoms with Gasteiger partial charge in [-0.3, -0.25) is 14.5 Å². The molecule has 1 unspecified atom stereocenters. The summed E-state index contributed by atoms with van der Waals surface area (Å²) in [4.78, 5) is 28.7. The van der Waals surface area contributed by atoms with Gasteiger partial charge in [-0.15, -0.1) is 0 Å². The normalized spacial score (nSPS) is 22.5. The number of likely N-dealkylation sites (tertiary alicyclic amines) is 2. The number of nitrogens with zero attached hydrogens (tertiary/aromatic N) is 2. The second-order valence-electron chi connectivity index (χ2n) is 7.27. The molecule has 0 saturated carbocycles. The highest BCUT2D eigenvalue weighted by atomic mass is 16.2. The Labute approximate surface area is 150 Å². The van der Waals surface area contributed by atoms with Crippen LogP contribution in [0.2, 0.25) is 0 Å². The first-order valence-corrected chi connectivity index (χ1v) is 9.54. The van der Waals surface area contributed by atoms with E-state index in [1.165, 1.54) is 32.1 Å². The van der Waals surface area contributed by atoms with Crippen LogP contribution in [-0.4, -0.2) is 53.8 Å². The molecule has 2 fully saturated rings. The summed E-state index contributed by atoms with van der Waals surface area (Å²) < 4.78 is 0. The Kier molecular flexibility index (Phi) is 6.45. The van der Waals surface area contributed by atoms with E-state index < -0.39 is 0 Å². The van der Waals surface area contributed by atoms with Crippen molar-refractivity contribution < 1.29 is 9.59 Å². The Balaban J connectivity index is 1.45. The fourth-order valence-corrected chi connectivity index (χ4v) is 3.77. The lowest BCUT2D eigenvalue weighted by molar-refractivity contribution is -0.128. The molecule has 136 valence electrons. The van der Waals surface area contributed by atoms with Gasteiger partial charge in [0.05, 0.1) is 12.6 Å². The third-order valence-corrected chi connectivity index (χ3v) is 5.11. The predicted molar refractivity (Wildman–Crippen MR) is 97.9 cm³/mol. The highest BCUT2D eigenvalue weighted by Gasteiger charge is 2.30. The lowest BCUT2D eigenvalue weighted by Crippen LogP contribution is -2.43. The lowest BCUT2D eigenvalue weighted by Gasteiger charge is -2.24. The van der Waals surface area contributed by atoms with Gasteiger partial charge < -0.3 is 10.2 Å². The first-order chi connectivity index (χ1) is 12.2. The van der Waals surface area contributed by atoms with Gasteiger partial charge in [-0.2, -0.15) is 0 Å². The number of amides is 2. The van der Waals surface area contributed by atoms with Crippen LogP contribution in [0, 0.1) is 0 Å². The number of hydrogen-bond donors (Lipinski definition) is 1. The topological polar surface area (TPSA) is 52.7 Å². The van der Waals surface area contributed by atoms with Crippen LogP contribution in [0.25, 0.3) is 0 Å². The molecule has 0 spiro atoms. The molecular formula is C20H29N3O2. The van der Waals surface area contributed by atoms with Crippen LogP contribution in [0.5, 0.6) is 0 Å². The molecule has 2 aliphatic heterocycles. The van der Waals surface area contributed by atoms with E-state index in [1.54, 1.807) is 0 Å². The molecule has 0 bridgehead atoms. The van der Waals surface area contributed by atoms with E-state index in [0.29, 0.717) is 26.1 Å². The van der Waals surface area contributed by atoms with Crippen molar-refractivity contribution in [1.29, 1.82) is 0 Å². The highest BCUT2D eigenvalue weighted by Crippen LogP contribution is 2.15. The smallest absolute Gasteiger partial charge is 0.234 e. The fourth-order valence-electron chi connectivity index (χ4n) is 3.77. The van der Waals surface area contributed by atoms with Crippen molar-refractivity contribution in [3.05, 3.63) is 35.9 Å². The number of carbonyl (C=O) groups is 2. The van der Waals surface area contributed by atoms with Crippen molar-refractivity contribution in [2.45, 2.75) is 51.1 Å². The zero-order valence-corrected chi connectivity index (χ0v) is 15.0. The SMILES string of the molecule is O=C(CN1CCCCCCC1)NC1CC(=O)N(Cc2ccccc2)C1. The van der Waals surface area contributed by atoms with Crippen molar-refractivity contribution in [3.63, 3.8) is 0 Å². The number of carbonyl (C=O) groups excluding carboxylic acids is 2. The summed E-state index contributed by atoms with van der Waals surface area (Å²) in [5, 5.41) is 3.07. The molecular weight excluding hydrogens is 314 g/mol. The van der Waals surface area contributed by atoms with E-state index in [1.807, 2.05) is 35.2 Å². The first-order valence-electron chi connectivity index (χ1n) is 9.54. The van der Waals surface area contributed by atoms with Gasteiger partial charge in [0, 0.05) is 19.5 Å². The van der Waals surface area contributed by atoms with E-state index in [-0.39, 0.29) is 17.9 Å². The maximum atomic E-state index is 12.4. The molecule has 2 saturated heterocycles. The quantitative estimate of drug-likeness (QED) is 0.891. The summed E-state index contributed by atoms with van der Waals surface area (Å²) in [5.41, 5.74) is 1.13. The Morgan fingerprint density at radius 3 is 2.44 bits per heavy atom. The molecule has 2 heterocycles. The minimum Gasteiger partial charge on any atom is -0.350 e. The minimum absolute atomic E-state index is 0.0555. The maximum absolute atomic E-state index is 12.4. The average molecular weight is 343 g/mol. The lowest BCUT2D eigenvalue weighted by atomic mass is 10.1. The molecule has 0 radical (unpaired) electrons. The summed E-state index contributed by atoms with van der Waals surface area (Å²) in [5.74, 6) is 0.181. The summed E-state index contributed by atoms with van der Waals surface area (Å²) in [6.45, 7) is 3.72. The molecule has 25 heavy (non-hydrogen) atoms. The van der Waals surface area contributed by atoms with Crippen LogP contribution in [0.1, 0.15) is 44.1 Å². The average Bonchev–Trinajstić information content (AvgIpc) is 2.90. The van der Waals surface area contributed by atoms with E-state index in [4.69, 9.17) is 0 Å². The van der Waals surface area contributed by atoms with Crippen LogP contribution >= 0.6 is 0 Å². The van der Waals surface area contributed by atoms with Gasteiger partial charge in [0.25, 0.3) is 0 Å². The Hall–Kier alpha value is -1.88. The van der Waals surface area contributed by atoms with Crippen molar-refractivity contribution in [2.75, 3.05) is 26.2 Å². The zero-order chi connectivity index (χ0) is 17.5. The van der Waals surface area contributed by atoms with Gasteiger partial charge >= 0.3 is 0 Å². The zero-order valence-electron chi connectivity index (χ0n) is 15.0. The molecule has 5 nitrogen and oxygen atoms in total. The third kappa shape index (κ3) is 5.56.